The molecule has 0 radical (unpaired) electrons. The summed E-state index contributed by atoms with van der Waals surface area (Å²) in [6.07, 6.45) is 2.78. The van der Waals surface area contributed by atoms with Gasteiger partial charge in [-0.3, -0.25) is 9.78 Å². The molecule has 0 spiro atoms. The Hall–Kier alpha value is -4.01. The minimum atomic E-state index is -0.767. The largest absolute Gasteiger partial charge is 0.508 e. The van der Waals surface area contributed by atoms with E-state index in [2.05, 4.69) is 4.98 Å². The molecule has 1 aromatic heterocycles. The zero-order valence-corrected chi connectivity index (χ0v) is 21.3. The number of carbonyl (C=O) groups is 1. The number of pyridine rings is 1. The molecule has 8 heteroatoms. The van der Waals surface area contributed by atoms with Gasteiger partial charge in [0.15, 0.2) is 11.5 Å². The monoisotopic (exact) mass is 526 g/mol. The number of phenolic OH excluding ortho intramolecular Hbond substituents is 1. The predicted molar refractivity (Wildman–Crippen MR) is 147 cm³/mol. The van der Waals surface area contributed by atoms with Crippen molar-refractivity contribution in [2.24, 2.45) is 0 Å². The van der Waals surface area contributed by atoms with Crippen molar-refractivity contribution in [2.45, 2.75) is 17.4 Å². The average molecular weight is 527 g/mol. The number of benzene rings is 3. The van der Waals surface area contributed by atoms with Crippen LogP contribution in [0.2, 0.25) is 0 Å². The maximum absolute atomic E-state index is 13.4. The molecule has 0 bridgehead atoms. The van der Waals surface area contributed by atoms with Crippen molar-refractivity contribution in [1.82, 2.24) is 4.98 Å². The third-order valence-electron chi connectivity index (χ3n) is 6.81. The number of rotatable bonds is 7. The van der Waals surface area contributed by atoms with Crippen molar-refractivity contribution >= 4 is 23.4 Å². The number of β-lactam (4-membered cyclic amide) rings is 1. The lowest BCUT2D eigenvalue weighted by Gasteiger charge is -2.47. The van der Waals surface area contributed by atoms with E-state index in [1.54, 1.807) is 29.3 Å². The van der Waals surface area contributed by atoms with Crippen LogP contribution in [-0.2, 0) is 4.79 Å². The molecular weight excluding hydrogens is 500 g/mol. The fraction of sp³-hybridized carbons (Fsp3) is 0.200. The van der Waals surface area contributed by atoms with E-state index in [-0.39, 0.29) is 22.9 Å². The van der Waals surface area contributed by atoms with Gasteiger partial charge in [-0.1, -0.05) is 36.4 Å². The third-order valence-corrected chi connectivity index (χ3v) is 8.13. The van der Waals surface area contributed by atoms with E-state index >= 15 is 0 Å². The Kier molecular flexibility index (Phi) is 6.66. The molecule has 1 amide bonds. The second kappa shape index (κ2) is 10.4. The Balaban J connectivity index is 1.21. The molecule has 2 N–H and O–H groups in total. The van der Waals surface area contributed by atoms with Crippen LogP contribution in [0, 0.1) is 0 Å². The molecule has 0 saturated carbocycles. The second-order valence-corrected chi connectivity index (χ2v) is 10.4. The zero-order chi connectivity index (χ0) is 26.1. The van der Waals surface area contributed by atoms with Crippen molar-refractivity contribution in [3.8, 4) is 28.4 Å². The van der Waals surface area contributed by atoms with Crippen LogP contribution in [0.15, 0.2) is 91.3 Å². The van der Waals surface area contributed by atoms with Gasteiger partial charge in [0.05, 0.1) is 12.1 Å². The Bertz CT molecular complexity index is 1430. The van der Waals surface area contributed by atoms with Crippen LogP contribution in [0.5, 0.6) is 17.2 Å². The Morgan fingerprint density at radius 2 is 1.71 bits per heavy atom. The fourth-order valence-corrected chi connectivity index (χ4v) is 6.11. The first-order valence-corrected chi connectivity index (χ1v) is 13.4. The number of anilines is 1. The van der Waals surface area contributed by atoms with Gasteiger partial charge in [0.1, 0.15) is 24.2 Å². The van der Waals surface area contributed by atoms with Crippen molar-refractivity contribution in [1.29, 1.82) is 0 Å². The molecule has 0 aliphatic carbocycles. The minimum Gasteiger partial charge on any atom is -0.508 e. The lowest BCUT2D eigenvalue weighted by Crippen LogP contribution is -2.57. The molecule has 1 fully saturated rings. The van der Waals surface area contributed by atoms with Crippen molar-refractivity contribution in [2.75, 3.05) is 23.9 Å². The van der Waals surface area contributed by atoms with E-state index in [9.17, 15) is 15.0 Å². The first-order chi connectivity index (χ1) is 18.6. The Labute approximate surface area is 224 Å². The maximum atomic E-state index is 13.4. The lowest BCUT2D eigenvalue weighted by atomic mass is 9.92. The van der Waals surface area contributed by atoms with Crippen molar-refractivity contribution in [3.63, 3.8) is 0 Å². The molecule has 2 aliphatic heterocycles. The van der Waals surface area contributed by atoms with E-state index < -0.39 is 6.10 Å². The lowest BCUT2D eigenvalue weighted by molar-refractivity contribution is -0.123. The molecular formula is C30H26N2O5S. The highest BCUT2D eigenvalue weighted by atomic mass is 32.2. The maximum Gasteiger partial charge on any atom is 0.243 e. The fourth-order valence-electron chi connectivity index (χ4n) is 4.81. The summed E-state index contributed by atoms with van der Waals surface area (Å²) in [4.78, 5) is 19.4. The van der Waals surface area contributed by atoms with Gasteiger partial charge in [0.2, 0.25) is 5.91 Å². The summed E-state index contributed by atoms with van der Waals surface area (Å²) < 4.78 is 11.2. The Morgan fingerprint density at radius 1 is 0.947 bits per heavy atom. The van der Waals surface area contributed by atoms with E-state index in [4.69, 9.17) is 9.47 Å². The number of aliphatic hydroxyl groups excluding tert-OH is 1. The molecule has 2 aliphatic rings. The molecule has 1 saturated heterocycles. The highest BCUT2D eigenvalue weighted by Crippen LogP contribution is 2.46. The van der Waals surface area contributed by atoms with Crippen LogP contribution >= 0.6 is 11.8 Å². The van der Waals surface area contributed by atoms with Gasteiger partial charge in [-0.05, 0) is 64.7 Å². The van der Waals surface area contributed by atoms with Crippen LogP contribution in [-0.4, -0.2) is 45.3 Å². The summed E-state index contributed by atoms with van der Waals surface area (Å²) in [5, 5.41) is 20.4. The number of aliphatic hydroxyl groups is 1. The number of hydrogen-bond donors (Lipinski definition) is 2. The summed E-state index contributed by atoms with van der Waals surface area (Å²) >= 11 is 1.43. The Morgan fingerprint density at radius 3 is 2.45 bits per heavy atom. The molecule has 3 aromatic carbocycles. The summed E-state index contributed by atoms with van der Waals surface area (Å²) in [6, 6.07) is 23.9. The standard InChI is InChI=1S/C30H26N2O5S/c33-24-10-5-20(6-11-24)28-29(38-18-25(34)21-7-12-26-27(16-21)37-15-14-36-26)30(35)32(28)23-8-3-19(4-9-23)22-2-1-13-31-17-22/h1-13,16-17,25,28-29,33-34H,14-15,18H2/t25-,28-,29-/m1/s1. The SMILES string of the molecule is O=C1[C@H](SC[C@@H](O)c2ccc3c(c2)OCCO3)[C@@H](c2ccc(O)cc2)N1c1ccc(-c2cccnc2)cc1. The number of aromatic hydroxyl groups is 1. The van der Waals surface area contributed by atoms with Gasteiger partial charge in [-0.2, -0.15) is 0 Å². The number of thioether (sulfide) groups is 1. The van der Waals surface area contributed by atoms with E-state index in [1.165, 1.54) is 11.8 Å². The number of amides is 1. The summed E-state index contributed by atoms with van der Waals surface area (Å²) in [7, 11) is 0. The topological polar surface area (TPSA) is 92.1 Å². The highest BCUT2D eigenvalue weighted by molar-refractivity contribution is 8.00. The summed E-state index contributed by atoms with van der Waals surface area (Å²) in [5.41, 5.74) is 4.46. The van der Waals surface area contributed by atoms with Gasteiger partial charge < -0.3 is 24.6 Å². The van der Waals surface area contributed by atoms with Crippen molar-refractivity contribution < 1.29 is 24.5 Å². The molecule has 3 atom stereocenters. The van der Waals surface area contributed by atoms with Crippen LogP contribution in [0.1, 0.15) is 23.3 Å². The van der Waals surface area contributed by atoms with Crippen LogP contribution in [0.3, 0.4) is 0 Å². The summed E-state index contributed by atoms with van der Waals surface area (Å²) in [6.45, 7) is 0.987. The smallest absolute Gasteiger partial charge is 0.243 e. The molecule has 7 nitrogen and oxygen atoms in total. The zero-order valence-electron chi connectivity index (χ0n) is 20.4. The molecule has 4 aromatic rings. The first-order valence-electron chi connectivity index (χ1n) is 12.4. The van der Waals surface area contributed by atoms with E-state index in [0.29, 0.717) is 30.5 Å². The van der Waals surface area contributed by atoms with Gasteiger partial charge in [0.25, 0.3) is 0 Å². The van der Waals surface area contributed by atoms with Gasteiger partial charge >= 0.3 is 0 Å². The van der Waals surface area contributed by atoms with Gasteiger partial charge in [0, 0.05) is 23.8 Å². The van der Waals surface area contributed by atoms with Crippen LogP contribution < -0.4 is 14.4 Å². The number of carbonyl (C=O) groups excluding carboxylic acids is 1. The molecule has 0 unspecified atom stereocenters. The third kappa shape index (κ3) is 4.68. The number of phenols is 1. The number of nitrogens with zero attached hydrogens (tertiary/aromatic N) is 2. The molecule has 3 heterocycles. The van der Waals surface area contributed by atoms with E-state index in [1.807, 2.05) is 66.9 Å². The van der Waals surface area contributed by atoms with E-state index in [0.717, 1.165) is 27.9 Å². The number of hydrogen-bond acceptors (Lipinski definition) is 7. The normalized spacial score (nSPS) is 19.1. The second-order valence-electron chi connectivity index (χ2n) is 9.21. The summed E-state index contributed by atoms with van der Waals surface area (Å²) in [5.74, 6) is 1.80. The average Bonchev–Trinajstić information content (AvgIpc) is 2.97. The minimum absolute atomic E-state index is 0.0171. The molecule has 192 valence electrons. The number of ether oxygens (including phenoxy) is 2. The highest BCUT2D eigenvalue weighted by Gasteiger charge is 2.49. The number of fused-ring (bicyclic) bond motifs is 1. The van der Waals surface area contributed by atoms with Gasteiger partial charge in [-0.15, -0.1) is 11.8 Å². The molecule has 6 rings (SSSR count). The molecule has 38 heavy (non-hydrogen) atoms. The first kappa shape index (κ1) is 24.3. The van der Waals surface area contributed by atoms with Gasteiger partial charge in [-0.25, -0.2) is 0 Å². The predicted octanol–water partition coefficient (Wildman–Crippen LogP) is 5.15. The van der Waals surface area contributed by atoms with Crippen molar-refractivity contribution in [3.05, 3.63) is 102 Å². The van der Waals surface area contributed by atoms with Crippen LogP contribution in [0.25, 0.3) is 11.1 Å². The quantitative estimate of drug-likeness (QED) is 0.322. The van der Waals surface area contributed by atoms with Crippen LogP contribution in [0.4, 0.5) is 5.69 Å². The number of aromatic nitrogens is 1.